The molecule has 1 N–H and O–H groups in total. The number of aromatic nitrogens is 2. The number of fused-ring (bicyclic) bond motifs is 1. The fraction of sp³-hybridized carbons (Fsp3) is 0.0667. The number of thioether (sulfide) groups is 1. The smallest absolute Gasteiger partial charge is 0.335 e. The first-order valence-corrected chi connectivity index (χ1v) is 7.10. The summed E-state index contributed by atoms with van der Waals surface area (Å²) in [6.07, 6.45) is 3.95. The Hall–Kier alpha value is -2.27. The van der Waals surface area contributed by atoms with Gasteiger partial charge in [-0.1, -0.05) is 12.1 Å². The lowest BCUT2D eigenvalue weighted by Gasteiger charge is -2.00. The third kappa shape index (κ3) is 2.67. The Morgan fingerprint density at radius 1 is 1.25 bits per heavy atom. The van der Waals surface area contributed by atoms with Crippen LogP contribution in [0.2, 0.25) is 0 Å². The van der Waals surface area contributed by atoms with Crippen molar-refractivity contribution in [2.45, 2.75) is 10.6 Å². The Morgan fingerprint density at radius 2 is 2.15 bits per heavy atom. The molecule has 5 heteroatoms. The third-order valence-electron chi connectivity index (χ3n) is 2.88. The van der Waals surface area contributed by atoms with Crippen LogP contribution in [0.25, 0.3) is 5.65 Å². The van der Waals surface area contributed by atoms with Crippen LogP contribution in [0, 0.1) is 0 Å². The fourth-order valence-corrected chi connectivity index (χ4v) is 2.77. The monoisotopic (exact) mass is 284 g/mol. The molecule has 0 aliphatic heterocycles. The zero-order valence-electron chi connectivity index (χ0n) is 10.6. The minimum absolute atomic E-state index is 0.310. The minimum Gasteiger partial charge on any atom is -0.478 e. The normalized spacial score (nSPS) is 10.8. The van der Waals surface area contributed by atoms with E-state index >= 15 is 0 Å². The first-order valence-electron chi connectivity index (χ1n) is 6.11. The Balaban J connectivity index is 1.75. The zero-order chi connectivity index (χ0) is 13.9. The van der Waals surface area contributed by atoms with Crippen LogP contribution >= 0.6 is 11.8 Å². The molecule has 0 amide bonds. The second kappa shape index (κ2) is 5.38. The zero-order valence-corrected chi connectivity index (χ0v) is 11.4. The second-order valence-corrected chi connectivity index (χ2v) is 5.37. The van der Waals surface area contributed by atoms with E-state index in [2.05, 4.69) is 4.98 Å². The van der Waals surface area contributed by atoms with Gasteiger partial charge in [-0.3, -0.25) is 0 Å². The SMILES string of the molecule is O=C(O)c1cccc(SCc2cn3ccccc3n2)c1. The first-order chi connectivity index (χ1) is 9.72. The predicted octanol–water partition coefficient (Wildman–Crippen LogP) is 3.32. The molecule has 0 fully saturated rings. The van der Waals surface area contributed by atoms with Crippen molar-refractivity contribution in [2.75, 3.05) is 0 Å². The maximum absolute atomic E-state index is 10.9. The highest BCUT2D eigenvalue weighted by Gasteiger charge is 2.05. The molecule has 0 bridgehead atoms. The van der Waals surface area contributed by atoms with Gasteiger partial charge < -0.3 is 9.51 Å². The lowest BCUT2D eigenvalue weighted by atomic mass is 10.2. The highest BCUT2D eigenvalue weighted by atomic mass is 32.2. The number of hydrogen-bond acceptors (Lipinski definition) is 3. The van der Waals surface area contributed by atoms with Gasteiger partial charge in [0.15, 0.2) is 0 Å². The van der Waals surface area contributed by atoms with Crippen molar-refractivity contribution >= 4 is 23.4 Å². The molecule has 100 valence electrons. The Labute approximate surface area is 120 Å². The Bertz CT molecular complexity index is 734. The number of nitrogens with zero attached hydrogens (tertiary/aromatic N) is 2. The Morgan fingerprint density at radius 3 is 2.95 bits per heavy atom. The molecular weight excluding hydrogens is 272 g/mol. The van der Waals surface area contributed by atoms with Gasteiger partial charge in [-0.2, -0.15) is 0 Å². The molecule has 0 unspecified atom stereocenters. The van der Waals surface area contributed by atoms with E-state index in [0.717, 1.165) is 16.2 Å². The predicted molar refractivity (Wildman–Crippen MR) is 78.2 cm³/mol. The highest BCUT2D eigenvalue weighted by Crippen LogP contribution is 2.23. The van der Waals surface area contributed by atoms with Crippen LogP contribution in [0.5, 0.6) is 0 Å². The summed E-state index contributed by atoms with van der Waals surface area (Å²) in [5.41, 5.74) is 2.20. The molecule has 3 rings (SSSR count). The summed E-state index contributed by atoms with van der Waals surface area (Å²) in [6, 6.07) is 12.8. The molecule has 2 heterocycles. The van der Waals surface area contributed by atoms with Crippen LogP contribution in [0.3, 0.4) is 0 Å². The highest BCUT2D eigenvalue weighted by molar-refractivity contribution is 7.98. The van der Waals surface area contributed by atoms with Crippen LogP contribution in [-0.2, 0) is 5.75 Å². The lowest BCUT2D eigenvalue weighted by Crippen LogP contribution is -1.95. The number of benzene rings is 1. The molecule has 0 saturated carbocycles. The molecule has 0 spiro atoms. The summed E-state index contributed by atoms with van der Waals surface area (Å²) in [4.78, 5) is 16.4. The summed E-state index contributed by atoms with van der Waals surface area (Å²) in [7, 11) is 0. The number of pyridine rings is 1. The average Bonchev–Trinajstić information content (AvgIpc) is 2.88. The van der Waals surface area contributed by atoms with E-state index in [1.165, 1.54) is 0 Å². The molecular formula is C15H12N2O2S. The van der Waals surface area contributed by atoms with Crippen molar-refractivity contribution in [1.29, 1.82) is 0 Å². The minimum atomic E-state index is -0.903. The van der Waals surface area contributed by atoms with E-state index in [9.17, 15) is 4.79 Å². The van der Waals surface area contributed by atoms with Crippen molar-refractivity contribution in [3.05, 3.63) is 66.1 Å². The van der Waals surface area contributed by atoms with E-state index in [1.807, 2.05) is 41.1 Å². The fourth-order valence-electron chi connectivity index (χ4n) is 1.93. The van der Waals surface area contributed by atoms with Gasteiger partial charge in [0.2, 0.25) is 0 Å². The van der Waals surface area contributed by atoms with E-state index in [-0.39, 0.29) is 0 Å². The molecule has 2 aromatic heterocycles. The van der Waals surface area contributed by atoms with E-state index < -0.39 is 5.97 Å². The van der Waals surface area contributed by atoms with Gasteiger partial charge in [-0.25, -0.2) is 9.78 Å². The second-order valence-electron chi connectivity index (χ2n) is 4.32. The van der Waals surface area contributed by atoms with Crippen LogP contribution in [0.15, 0.2) is 59.8 Å². The van der Waals surface area contributed by atoms with Gasteiger partial charge in [0, 0.05) is 23.0 Å². The van der Waals surface area contributed by atoms with E-state index in [1.54, 1.807) is 30.0 Å². The number of hydrogen-bond donors (Lipinski definition) is 1. The van der Waals surface area contributed by atoms with Gasteiger partial charge >= 0.3 is 5.97 Å². The number of carboxylic acids is 1. The maximum Gasteiger partial charge on any atom is 0.335 e. The van der Waals surface area contributed by atoms with Crippen LogP contribution in [0.1, 0.15) is 16.1 Å². The summed E-state index contributed by atoms with van der Waals surface area (Å²) in [5, 5.41) is 8.96. The van der Waals surface area contributed by atoms with Crippen molar-refractivity contribution in [2.24, 2.45) is 0 Å². The number of rotatable bonds is 4. The van der Waals surface area contributed by atoms with Crippen LogP contribution in [0.4, 0.5) is 0 Å². The molecule has 0 aliphatic rings. The largest absolute Gasteiger partial charge is 0.478 e. The molecule has 0 atom stereocenters. The van der Waals surface area contributed by atoms with Crippen LogP contribution < -0.4 is 0 Å². The van der Waals surface area contributed by atoms with Crippen molar-refractivity contribution < 1.29 is 9.90 Å². The van der Waals surface area contributed by atoms with E-state index in [0.29, 0.717) is 11.3 Å². The van der Waals surface area contributed by atoms with Gasteiger partial charge in [0.25, 0.3) is 0 Å². The van der Waals surface area contributed by atoms with Gasteiger partial charge in [-0.05, 0) is 30.3 Å². The summed E-state index contributed by atoms with van der Waals surface area (Å²) < 4.78 is 1.98. The van der Waals surface area contributed by atoms with E-state index in [4.69, 9.17) is 5.11 Å². The maximum atomic E-state index is 10.9. The number of imidazole rings is 1. The molecule has 3 aromatic rings. The van der Waals surface area contributed by atoms with Gasteiger partial charge in [0.05, 0.1) is 11.3 Å². The average molecular weight is 284 g/mol. The summed E-state index contributed by atoms with van der Waals surface area (Å²) in [6.45, 7) is 0. The third-order valence-corrected chi connectivity index (χ3v) is 3.91. The van der Waals surface area contributed by atoms with Gasteiger partial charge in [-0.15, -0.1) is 11.8 Å². The topological polar surface area (TPSA) is 54.6 Å². The van der Waals surface area contributed by atoms with Crippen molar-refractivity contribution in [3.63, 3.8) is 0 Å². The Kier molecular flexibility index (Phi) is 3.43. The number of carbonyl (C=O) groups is 1. The molecule has 20 heavy (non-hydrogen) atoms. The molecule has 1 aromatic carbocycles. The molecule has 0 aliphatic carbocycles. The van der Waals surface area contributed by atoms with Crippen molar-refractivity contribution in [1.82, 2.24) is 9.38 Å². The number of aromatic carboxylic acids is 1. The molecule has 0 saturated heterocycles. The molecule has 0 radical (unpaired) electrons. The molecule has 4 nitrogen and oxygen atoms in total. The van der Waals surface area contributed by atoms with Crippen LogP contribution in [-0.4, -0.2) is 20.5 Å². The summed E-state index contributed by atoms with van der Waals surface area (Å²) >= 11 is 1.58. The first kappa shape index (κ1) is 12.7. The number of carboxylic acid groups (broad SMARTS) is 1. The summed E-state index contributed by atoms with van der Waals surface area (Å²) in [5.74, 6) is -0.190. The van der Waals surface area contributed by atoms with Gasteiger partial charge in [0.1, 0.15) is 5.65 Å². The lowest BCUT2D eigenvalue weighted by molar-refractivity contribution is 0.0696. The van der Waals surface area contributed by atoms with Crippen molar-refractivity contribution in [3.8, 4) is 0 Å². The quantitative estimate of drug-likeness (QED) is 0.747. The standard InChI is InChI=1S/C15H12N2O2S/c18-15(19)11-4-3-5-13(8-11)20-10-12-9-17-7-2-1-6-14(17)16-12/h1-9H,10H2,(H,18,19).